The average molecular weight is 267 g/mol. The Labute approximate surface area is 113 Å². The van der Waals surface area contributed by atoms with E-state index < -0.39 is 30.4 Å². The summed E-state index contributed by atoms with van der Waals surface area (Å²) in [5.74, 6) is -0.629. The van der Waals surface area contributed by atoms with E-state index in [0.29, 0.717) is 11.0 Å². The molecule has 1 atom stereocenters. The van der Waals surface area contributed by atoms with Crippen molar-refractivity contribution in [3.8, 4) is 0 Å². The third kappa shape index (κ3) is 2.52. The maximum atomic E-state index is 13.2. The summed E-state index contributed by atoms with van der Waals surface area (Å²) in [7, 11) is -0.650. The van der Waals surface area contributed by atoms with E-state index >= 15 is 0 Å². The molecule has 0 saturated carbocycles. The fourth-order valence-corrected chi connectivity index (χ4v) is 1.98. The maximum Gasteiger partial charge on any atom is 0.496 e. The van der Waals surface area contributed by atoms with Crippen LogP contribution < -0.4 is 5.46 Å². The van der Waals surface area contributed by atoms with Gasteiger partial charge in [0.25, 0.3) is 0 Å². The number of aromatic nitrogens is 1. The lowest BCUT2D eigenvalue weighted by atomic mass is 9.76. The average Bonchev–Trinajstić information content (AvgIpc) is 2.47. The molecule has 0 aromatic carbocycles. The van der Waals surface area contributed by atoms with Crippen molar-refractivity contribution >= 4 is 12.6 Å². The molecule has 1 unspecified atom stereocenters. The Balaban J connectivity index is 2.39. The molecule has 19 heavy (non-hydrogen) atoms. The van der Waals surface area contributed by atoms with Crippen molar-refractivity contribution < 1.29 is 18.8 Å². The molecule has 1 N–H and O–H groups in total. The van der Waals surface area contributed by atoms with Crippen LogP contribution in [0.4, 0.5) is 4.39 Å². The number of pyridine rings is 1. The van der Waals surface area contributed by atoms with Crippen LogP contribution in [0.5, 0.6) is 0 Å². The molecule has 0 radical (unpaired) electrons. The molecule has 0 aliphatic carbocycles. The SMILES string of the molecule is CC(O)c1cc(F)ncc1B1OC(C)(C)C(C)(C)O1. The molecule has 1 aliphatic heterocycles. The third-order valence-electron chi connectivity index (χ3n) is 3.89. The van der Waals surface area contributed by atoms with Crippen molar-refractivity contribution in [2.75, 3.05) is 0 Å². The Bertz CT molecular complexity index is 475. The zero-order chi connectivity index (χ0) is 14.4. The van der Waals surface area contributed by atoms with Crippen LogP contribution in [0, 0.1) is 5.95 Å². The highest BCUT2D eigenvalue weighted by Gasteiger charge is 2.52. The van der Waals surface area contributed by atoms with E-state index in [1.165, 1.54) is 12.3 Å². The van der Waals surface area contributed by atoms with Crippen molar-refractivity contribution in [3.05, 3.63) is 23.8 Å². The second-order valence-corrected chi connectivity index (χ2v) is 5.90. The highest BCUT2D eigenvalue weighted by atomic mass is 19.1. The Morgan fingerprint density at radius 3 is 2.26 bits per heavy atom. The number of hydrogen-bond donors (Lipinski definition) is 1. The lowest BCUT2D eigenvalue weighted by molar-refractivity contribution is 0.00578. The molecule has 2 rings (SSSR count). The van der Waals surface area contributed by atoms with Crippen molar-refractivity contribution in [2.45, 2.75) is 51.9 Å². The zero-order valence-corrected chi connectivity index (χ0v) is 11.9. The number of halogens is 1. The molecule has 0 spiro atoms. The summed E-state index contributed by atoms with van der Waals surface area (Å²) in [4.78, 5) is 3.62. The van der Waals surface area contributed by atoms with Crippen LogP contribution in [0.1, 0.15) is 46.3 Å². The quantitative estimate of drug-likeness (QED) is 0.652. The second-order valence-electron chi connectivity index (χ2n) is 5.90. The Morgan fingerprint density at radius 2 is 1.79 bits per heavy atom. The summed E-state index contributed by atoms with van der Waals surface area (Å²) < 4.78 is 25.0. The summed E-state index contributed by atoms with van der Waals surface area (Å²) in [5.41, 5.74) is 0.0328. The number of rotatable bonds is 2. The number of nitrogens with zero attached hydrogens (tertiary/aromatic N) is 1. The highest BCUT2D eigenvalue weighted by molar-refractivity contribution is 6.62. The van der Waals surface area contributed by atoms with Gasteiger partial charge in [0.05, 0.1) is 17.3 Å². The molecule has 0 amide bonds. The van der Waals surface area contributed by atoms with Gasteiger partial charge in [0.15, 0.2) is 0 Å². The first-order valence-electron chi connectivity index (χ1n) is 6.33. The molecule has 1 aromatic heterocycles. The molecule has 2 heterocycles. The van der Waals surface area contributed by atoms with E-state index in [0.717, 1.165) is 0 Å². The van der Waals surface area contributed by atoms with Gasteiger partial charge in [-0.1, -0.05) is 0 Å². The third-order valence-corrected chi connectivity index (χ3v) is 3.89. The van der Waals surface area contributed by atoms with E-state index in [2.05, 4.69) is 4.98 Å². The summed E-state index contributed by atoms with van der Waals surface area (Å²) >= 11 is 0. The molecule has 1 saturated heterocycles. The monoisotopic (exact) mass is 267 g/mol. The van der Waals surface area contributed by atoms with E-state index in [1.54, 1.807) is 6.92 Å². The minimum atomic E-state index is -0.813. The summed E-state index contributed by atoms with van der Waals surface area (Å²) in [6, 6.07) is 1.21. The minimum absolute atomic E-state index is 0.436. The molecular weight excluding hydrogens is 248 g/mol. The largest absolute Gasteiger partial charge is 0.496 e. The molecular formula is C13H19BFNO3. The van der Waals surface area contributed by atoms with Crippen LogP contribution >= 0.6 is 0 Å². The van der Waals surface area contributed by atoms with E-state index in [9.17, 15) is 9.50 Å². The van der Waals surface area contributed by atoms with Gasteiger partial charge in [0.2, 0.25) is 5.95 Å². The summed E-state index contributed by atoms with van der Waals surface area (Å²) in [6.07, 6.45) is 0.547. The van der Waals surface area contributed by atoms with Gasteiger partial charge >= 0.3 is 7.12 Å². The van der Waals surface area contributed by atoms with Gasteiger partial charge in [-0.05, 0) is 46.2 Å². The molecule has 1 aromatic rings. The minimum Gasteiger partial charge on any atom is -0.399 e. The van der Waals surface area contributed by atoms with Crippen LogP contribution in [0.25, 0.3) is 0 Å². The Hall–Kier alpha value is -0.975. The molecule has 6 heteroatoms. The highest BCUT2D eigenvalue weighted by Crippen LogP contribution is 2.36. The summed E-state index contributed by atoms with van der Waals surface area (Å²) in [5, 5.41) is 9.74. The molecule has 4 nitrogen and oxygen atoms in total. The van der Waals surface area contributed by atoms with Crippen LogP contribution in [-0.2, 0) is 9.31 Å². The second kappa shape index (κ2) is 4.54. The maximum absolute atomic E-state index is 13.2. The Morgan fingerprint density at radius 1 is 1.26 bits per heavy atom. The van der Waals surface area contributed by atoms with Crippen molar-refractivity contribution in [2.24, 2.45) is 0 Å². The van der Waals surface area contributed by atoms with Gasteiger partial charge < -0.3 is 14.4 Å². The lowest BCUT2D eigenvalue weighted by Gasteiger charge is -2.32. The summed E-state index contributed by atoms with van der Waals surface area (Å²) in [6.45, 7) is 9.32. The van der Waals surface area contributed by atoms with E-state index in [-0.39, 0.29) is 0 Å². The first-order chi connectivity index (χ1) is 8.64. The van der Waals surface area contributed by atoms with Crippen molar-refractivity contribution in [3.63, 3.8) is 0 Å². The van der Waals surface area contributed by atoms with Gasteiger partial charge in [0.1, 0.15) is 0 Å². The van der Waals surface area contributed by atoms with E-state index in [4.69, 9.17) is 9.31 Å². The number of hydrogen-bond acceptors (Lipinski definition) is 4. The topological polar surface area (TPSA) is 51.6 Å². The first-order valence-corrected chi connectivity index (χ1v) is 6.33. The van der Waals surface area contributed by atoms with Crippen LogP contribution in [0.15, 0.2) is 12.3 Å². The van der Waals surface area contributed by atoms with Gasteiger partial charge in [-0.15, -0.1) is 0 Å². The number of aliphatic hydroxyl groups excluding tert-OH is 1. The van der Waals surface area contributed by atoms with E-state index in [1.807, 2.05) is 27.7 Å². The van der Waals surface area contributed by atoms with Gasteiger partial charge in [-0.3, -0.25) is 0 Å². The van der Waals surface area contributed by atoms with Crippen LogP contribution in [0.2, 0.25) is 0 Å². The molecule has 0 bridgehead atoms. The number of aliphatic hydroxyl groups is 1. The molecule has 1 fully saturated rings. The Kier molecular flexibility index (Phi) is 3.45. The molecule has 1 aliphatic rings. The standard InChI is InChI=1S/C13H19BFNO3/c1-8(17)9-6-11(15)16-7-10(9)14-18-12(2,3)13(4,5)19-14/h6-8,17H,1-5H3. The van der Waals surface area contributed by atoms with Crippen molar-refractivity contribution in [1.29, 1.82) is 0 Å². The van der Waals surface area contributed by atoms with Gasteiger partial charge in [0, 0.05) is 11.7 Å². The lowest BCUT2D eigenvalue weighted by Crippen LogP contribution is -2.41. The van der Waals surface area contributed by atoms with Gasteiger partial charge in [-0.2, -0.15) is 4.39 Å². The zero-order valence-electron chi connectivity index (χ0n) is 11.9. The van der Waals surface area contributed by atoms with Crippen LogP contribution in [0.3, 0.4) is 0 Å². The van der Waals surface area contributed by atoms with Gasteiger partial charge in [-0.25, -0.2) is 4.98 Å². The molecule has 104 valence electrons. The van der Waals surface area contributed by atoms with Crippen LogP contribution in [-0.4, -0.2) is 28.4 Å². The smallest absolute Gasteiger partial charge is 0.399 e. The predicted molar refractivity (Wildman–Crippen MR) is 70.5 cm³/mol. The predicted octanol–water partition coefficient (Wildman–Crippen LogP) is 1.57. The fraction of sp³-hybridized carbons (Fsp3) is 0.615. The fourth-order valence-electron chi connectivity index (χ4n) is 1.98. The van der Waals surface area contributed by atoms with Crippen molar-refractivity contribution in [1.82, 2.24) is 4.98 Å². The normalized spacial score (nSPS) is 22.6. The first kappa shape index (κ1) is 14.4.